The molecule has 2 N–H and O–H groups in total. The summed E-state index contributed by atoms with van der Waals surface area (Å²) in [6.45, 7) is 5.75. The predicted molar refractivity (Wildman–Crippen MR) is 63.7 cm³/mol. The summed E-state index contributed by atoms with van der Waals surface area (Å²) >= 11 is 0. The topological polar surface area (TPSA) is 74.6 Å². The zero-order chi connectivity index (χ0) is 13.2. The van der Waals surface area contributed by atoms with E-state index in [1.54, 1.807) is 0 Å². The maximum absolute atomic E-state index is 11.1. The molecule has 0 aliphatic heterocycles. The van der Waals surface area contributed by atoms with Crippen LogP contribution in [0.5, 0.6) is 0 Å². The molecular formula is C13H16O4. The number of carbonyl (C=O) groups is 2. The number of aromatic carboxylic acids is 2. The lowest BCUT2D eigenvalue weighted by molar-refractivity contribution is 0.0679. The molecule has 4 heteroatoms. The van der Waals surface area contributed by atoms with Gasteiger partial charge in [0.15, 0.2) is 0 Å². The average Bonchev–Trinajstić information content (AvgIpc) is 2.28. The molecule has 0 amide bonds. The van der Waals surface area contributed by atoms with Crippen molar-refractivity contribution in [2.45, 2.75) is 32.6 Å². The van der Waals surface area contributed by atoms with Gasteiger partial charge in [0.05, 0.1) is 11.1 Å². The minimum absolute atomic E-state index is 0.117. The third-order valence-corrected chi connectivity index (χ3v) is 3.11. The van der Waals surface area contributed by atoms with E-state index in [2.05, 4.69) is 0 Å². The minimum atomic E-state index is -1.05. The highest BCUT2D eigenvalue weighted by Gasteiger charge is 2.25. The van der Waals surface area contributed by atoms with Gasteiger partial charge in [0.25, 0.3) is 0 Å². The molecule has 4 nitrogen and oxygen atoms in total. The largest absolute Gasteiger partial charge is 0.478 e. The molecule has 1 rings (SSSR count). The lowest BCUT2D eigenvalue weighted by Crippen LogP contribution is -2.20. The van der Waals surface area contributed by atoms with Crippen LogP contribution in [-0.2, 0) is 5.41 Å². The van der Waals surface area contributed by atoms with Gasteiger partial charge in [-0.05, 0) is 35.6 Å². The van der Waals surface area contributed by atoms with E-state index in [0.29, 0.717) is 5.56 Å². The van der Waals surface area contributed by atoms with Crippen molar-refractivity contribution in [3.8, 4) is 0 Å². The van der Waals surface area contributed by atoms with Gasteiger partial charge in [-0.2, -0.15) is 0 Å². The van der Waals surface area contributed by atoms with Gasteiger partial charge in [-0.25, -0.2) is 9.59 Å². The summed E-state index contributed by atoms with van der Waals surface area (Å²) in [6, 6.07) is 4.13. The lowest BCUT2D eigenvalue weighted by atomic mass is 9.79. The van der Waals surface area contributed by atoms with Crippen LogP contribution in [0.3, 0.4) is 0 Å². The number of benzene rings is 1. The van der Waals surface area contributed by atoms with Gasteiger partial charge < -0.3 is 10.2 Å². The van der Waals surface area contributed by atoms with Crippen LogP contribution in [0.4, 0.5) is 0 Å². The first kappa shape index (κ1) is 13.2. The van der Waals surface area contributed by atoms with E-state index in [-0.39, 0.29) is 16.5 Å². The molecule has 0 radical (unpaired) electrons. The fourth-order valence-corrected chi connectivity index (χ4v) is 1.61. The normalized spacial score (nSPS) is 11.2. The molecule has 0 bridgehead atoms. The van der Waals surface area contributed by atoms with Crippen molar-refractivity contribution in [3.63, 3.8) is 0 Å². The number of carboxylic acids is 2. The van der Waals surface area contributed by atoms with E-state index in [1.807, 2.05) is 20.8 Å². The Morgan fingerprint density at radius 1 is 1.18 bits per heavy atom. The van der Waals surface area contributed by atoms with Crippen molar-refractivity contribution in [2.24, 2.45) is 0 Å². The Balaban J connectivity index is 3.46. The second-order valence-corrected chi connectivity index (χ2v) is 4.61. The Bertz CT molecular complexity index is 460. The van der Waals surface area contributed by atoms with E-state index in [0.717, 1.165) is 6.42 Å². The van der Waals surface area contributed by atoms with Crippen molar-refractivity contribution in [2.75, 3.05) is 0 Å². The first-order chi connectivity index (χ1) is 7.79. The quantitative estimate of drug-likeness (QED) is 0.842. The molecule has 1 aromatic rings. The molecule has 0 aliphatic rings. The standard InChI is InChI=1S/C13H16O4/c1-4-13(2,3)10-7-8(11(14)15)5-6-9(10)12(16)17/h5-7H,4H2,1-3H3,(H,14,15)(H,16,17). The molecule has 1 aromatic carbocycles. The molecule has 92 valence electrons. The minimum Gasteiger partial charge on any atom is -0.478 e. The van der Waals surface area contributed by atoms with Gasteiger partial charge >= 0.3 is 11.9 Å². The van der Waals surface area contributed by atoms with E-state index in [4.69, 9.17) is 10.2 Å². The van der Waals surface area contributed by atoms with Gasteiger partial charge in [-0.3, -0.25) is 0 Å². The SMILES string of the molecule is CCC(C)(C)c1cc(C(=O)O)ccc1C(=O)O. The van der Waals surface area contributed by atoms with Gasteiger partial charge in [-0.1, -0.05) is 20.8 Å². The fraction of sp³-hybridized carbons (Fsp3) is 0.385. The predicted octanol–water partition coefficient (Wildman–Crippen LogP) is 2.77. The van der Waals surface area contributed by atoms with Crippen molar-refractivity contribution >= 4 is 11.9 Å². The maximum atomic E-state index is 11.1. The van der Waals surface area contributed by atoms with Crippen LogP contribution in [0.1, 0.15) is 53.5 Å². The molecule has 0 atom stereocenters. The second-order valence-electron chi connectivity index (χ2n) is 4.61. The molecular weight excluding hydrogens is 220 g/mol. The van der Waals surface area contributed by atoms with Crippen LogP contribution in [0, 0.1) is 0 Å². The Morgan fingerprint density at radius 2 is 1.76 bits per heavy atom. The Hall–Kier alpha value is -1.84. The summed E-state index contributed by atoms with van der Waals surface area (Å²) < 4.78 is 0. The number of hydrogen-bond acceptors (Lipinski definition) is 2. The summed E-state index contributed by atoms with van der Waals surface area (Å²) in [5, 5.41) is 18.0. The summed E-state index contributed by atoms with van der Waals surface area (Å²) in [4.78, 5) is 22.0. The van der Waals surface area contributed by atoms with Crippen LogP contribution < -0.4 is 0 Å². The third kappa shape index (κ3) is 2.64. The molecule has 0 heterocycles. The van der Waals surface area contributed by atoms with Crippen molar-refractivity contribution in [1.82, 2.24) is 0 Å². The average molecular weight is 236 g/mol. The lowest BCUT2D eigenvalue weighted by Gasteiger charge is -2.25. The molecule has 0 aliphatic carbocycles. The molecule has 0 aromatic heterocycles. The Morgan fingerprint density at radius 3 is 2.18 bits per heavy atom. The molecule has 0 spiro atoms. The highest BCUT2D eigenvalue weighted by Crippen LogP contribution is 2.30. The van der Waals surface area contributed by atoms with Crippen LogP contribution >= 0.6 is 0 Å². The monoisotopic (exact) mass is 236 g/mol. The summed E-state index contributed by atoms with van der Waals surface area (Å²) in [5.74, 6) is -2.08. The van der Waals surface area contributed by atoms with Crippen LogP contribution in [-0.4, -0.2) is 22.2 Å². The van der Waals surface area contributed by atoms with Crippen LogP contribution in [0.25, 0.3) is 0 Å². The van der Waals surface area contributed by atoms with Gasteiger partial charge in [-0.15, -0.1) is 0 Å². The summed E-state index contributed by atoms with van der Waals surface area (Å²) in [5.41, 5.74) is 0.486. The molecule has 0 unspecified atom stereocenters. The second kappa shape index (κ2) is 4.57. The first-order valence-corrected chi connectivity index (χ1v) is 5.40. The molecule has 0 saturated carbocycles. The van der Waals surface area contributed by atoms with Gasteiger partial charge in [0, 0.05) is 0 Å². The zero-order valence-corrected chi connectivity index (χ0v) is 10.2. The van der Waals surface area contributed by atoms with Crippen molar-refractivity contribution in [1.29, 1.82) is 0 Å². The maximum Gasteiger partial charge on any atom is 0.335 e. The molecule has 0 saturated heterocycles. The summed E-state index contributed by atoms with van der Waals surface area (Å²) in [7, 11) is 0. The smallest absolute Gasteiger partial charge is 0.335 e. The van der Waals surface area contributed by atoms with Gasteiger partial charge in [0.2, 0.25) is 0 Å². The number of rotatable bonds is 4. The van der Waals surface area contributed by atoms with Crippen molar-refractivity contribution in [3.05, 3.63) is 34.9 Å². The summed E-state index contributed by atoms with van der Waals surface area (Å²) in [6.07, 6.45) is 0.732. The zero-order valence-electron chi connectivity index (χ0n) is 10.2. The first-order valence-electron chi connectivity index (χ1n) is 5.40. The van der Waals surface area contributed by atoms with E-state index in [1.165, 1.54) is 18.2 Å². The van der Waals surface area contributed by atoms with Gasteiger partial charge in [0.1, 0.15) is 0 Å². The van der Waals surface area contributed by atoms with E-state index < -0.39 is 11.9 Å². The number of hydrogen-bond donors (Lipinski definition) is 2. The number of carboxylic acid groups (broad SMARTS) is 2. The van der Waals surface area contributed by atoms with E-state index >= 15 is 0 Å². The van der Waals surface area contributed by atoms with Crippen molar-refractivity contribution < 1.29 is 19.8 Å². The molecule has 0 fully saturated rings. The Kier molecular flexibility index (Phi) is 3.56. The highest BCUT2D eigenvalue weighted by atomic mass is 16.4. The fourth-order valence-electron chi connectivity index (χ4n) is 1.61. The van der Waals surface area contributed by atoms with E-state index in [9.17, 15) is 9.59 Å². The highest BCUT2D eigenvalue weighted by molar-refractivity contribution is 5.93. The Labute approximate surface area is 99.9 Å². The van der Waals surface area contributed by atoms with Crippen LogP contribution in [0.2, 0.25) is 0 Å². The molecule has 17 heavy (non-hydrogen) atoms. The van der Waals surface area contributed by atoms with Crippen LogP contribution in [0.15, 0.2) is 18.2 Å². The third-order valence-electron chi connectivity index (χ3n) is 3.11.